The molecule has 0 radical (unpaired) electrons. The van der Waals surface area contributed by atoms with Gasteiger partial charge in [0, 0.05) is 24.7 Å². The van der Waals surface area contributed by atoms with Crippen molar-refractivity contribution in [2.45, 2.75) is 50.6 Å². The molecule has 3 atom stereocenters. The highest BCUT2D eigenvalue weighted by molar-refractivity contribution is 5.94. The van der Waals surface area contributed by atoms with E-state index in [1.165, 1.54) is 49.9 Å². The molecule has 0 spiro atoms. The van der Waals surface area contributed by atoms with Crippen LogP contribution >= 0.6 is 0 Å². The lowest BCUT2D eigenvalue weighted by atomic mass is 9.85. The second-order valence-electron chi connectivity index (χ2n) is 7.01. The van der Waals surface area contributed by atoms with Crippen LogP contribution in [0.25, 0.3) is 0 Å². The van der Waals surface area contributed by atoms with Crippen molar-refractivity contribution in [3.63, 3.8) is 0 Å². The lowest BCUT2D eigenvalue weighted by molar-refractivity contribution is -0.122. The predicted octanol–water partition coefficient (Wildman–Crippen LogP) is 1.98. The van der Waals surface area contributed by atoms with E-state index < -0.39 is 0 Å². The first-order valence-corrected chi connectivity index (χ1v) is 9.21. The maximum Gasteiger partial charge on any atom is 0.251 e. The molecule has 2 aliphatic rings. The molecule has 25 heavy (non-hydrogen) atoms. The minimum Gasteiger partial charge on any atom is -0.355 e. The number of nitrogens with one attached hydrogen (secondary N) is 3. The summed E-state index contributed by atoms with van der Waals surface area (Å²) in [5, 5.41) is 9.19. The molecule has 0 bridgehead atoms. The molecule has 3 unspecified atom stereocenters. The molecule has 1 saturated carbocycles. The highest BCUT2D eigenvalue weighted by Gasteiger charge is 2.37. The van der Waals surface area contributed by atoms with E-state index in [2.05, 4.69) is 16.0 Å². The number of hydrogen-bond acceptors (Lipinski definition) is 3. The van der Waals surface area contributed by atoms with Gasteiger partial charge in [0.05, 0.1) is 6.04 Å². The SMILES string of the molecule is O=C(NCCCNC(=O)C1CC2CCCCC2N1)c1ccc(F)cc1. The average molecular weight is 347 g/mol. The first-order chi connectivity index (χ1) is 12.1. The Kier molecular flexibility index (Phi) is 6.02. The van der Waals surface area contributed by atoms with Gasteiger partial charge in [-0.2, -0.15) is 0 Å². The summed E-state index contributed by atoms with van der Waals surface area (Å²) >= 11 is 0. The summed E-state index contributed by atoms with van der Waals surface area (Å²) < 4.78 is 12.8. The number of carbonyl (C=O) groups excluding carboxylic acids is 2. The summed E-state index contributed by atoms with van der Waals surface area (Å²) in [5.41, 5.74) is 0.434. The van der Waals surface area contributed by atoms with E-state index in [9.17, 15) is 14.0 Å². The van der Waals surface area contributed by atoms with E-state index in [1.807, 2.05) is 0 Å². The van der Waals surface area contributed by atoms with Crippen LogP contribution in [0, 0.1) is 11.7 Å². The first kappa shape index (κ1) is 17.9. The second kappa shape index (κ2) is 8.43. The monoisotopic (exact) mass is 347 g/mol. The highest BCUT2D eigenvalue weighted by Crippen LogP contribution is 2.33. The van der Waals surface area contributed by atoms with Gasteiger partial charge in [-0.15, -0.1) is 0 Å². The van der Waals surface area contributed by atoms with Gasteiger partial charge >= 0.3 is 0 Å². The number of hydrogen-bond donors (Lipinski definition) is 3. The molecule has 1 aromatic rings. The van der Waals surface area contributed by atoms with Gasteiger partial charge in [-0.25, -0.2) is 4.39 Å². The second-order valence-corrected chi connectivity index (χ2v) is 7.01. The molecule has 3 N–H and O–H groups in total. The number of rotatable bonds is 6. The standard InChI is InChI=1S/C19H26FN3O2/c20-15-8-6-13(7-9-15)18(24)21-10-3-11-22-19(25)17-12-14-4-1-2-5-16(14)23-17/h6-9,14,16-17,23H,1-5,10-12H2,(H,21,24)(H,22,25). The zero-order valence-electron chi connectivity index (χ0n) is 14.4. The Labute approximate surface area is 147 Å². The number of halogens is 1. The number of fused-ring (bicyclic) bond motifs is 1. The molecular weight excluding hydrogens is 321 g/mol. The molecule has 1 heterocycles. The minimum absolute atomic E-state index is 0.0677. The van der Waals surface area contributed by atoms with E-state index in [0.29, 0.717) is 37.0 Å². The van der Waals surface area contributed by atoms with Gasteiger partial charge in [-0.05, 0) is 55.9 Å². The maximum atomic E-state index is 12.8. The van der Waals surface area contributed by atoms with Crippen LogP contribution < -0.4 is 16.0 Å². The fraction of sp³-hybridized carbons (Fsp3) is 0.579. The highest BCUT2D eigenvalue weighted by atomic mass is 19.1. The van der Waals surface area contributed by atoms with E-state index in [-0.39, 0.29) is 23.7 Å². The molecule has 0 aromatic heterocycles. The topological polar surface area (TPSA) is 70.2 Å². The Morgan fingerprint density at radius 3 is 2.56 bits per heavy atom. The van der Waals surface area contributed by atoms with E-state index in [1.54, 1.807) is 0 Å². The Morgan fingerprint density at radius 2 is 1.80 bits per heavy atom. The fourth-order valence-electron chi connectivity index (χ4n) is 3.85. The third-order valence-corrected chi connectivity index (χ3v) is 5.22. The molecule has 1 saturated heterocycles. The van der Waals surface area contributed by atoms with Gasteiger partial charge in [-0.3, -0.25) is 9.59 Å². The van der Waals surface area contributed by atoms with Crippen molar-refractivity contribution < 1.29 is 14.0 Å². The van der Waals surface area contributed by atoms with Crippen molar-refractivity contribution in [1.82, 2.24) is 16.0 Å². The Hall–Kier alpha value is -1.95. The van der Waals surface area contributed by atoms with Gasteiger partial charge in [-0.1, -0.05) is 12.8 Å². The van der Waals surface area contributed by atoms with Gasteiger partial charge in [0.15, 0.2) is 0 Å². The van der Waals surface area contributed by atoms with Crippen molar-refractivity contribution in [2.24, 2.45) is 5.92 Å². The van der Waals surface area contributed by atoms with Crippen molar-refractivity contribution in [2.75, 3.05) is 13.1 Å². The summed E-state index contributed by atoms with van der Waals surface area (Å²) in [6.45, 7) is 1.01. The molecule has 136 valence electrons. The summed E-state index contributed by atoms with van der Waals surface area (Å²) in [4.78, 5) is 24.1. The summed E-state index contributed by atoms with van der Waals surface area (Å²) in [6.07, 6.45) is 6.57. The third-order valence-electron chi connectivity index (χ3n) is 5.22. The Balaban J connectivity index is 1.31. The van der Waals surface area contributed by atoms with E-state index in [0.717, 1.165) is 6.42 Å². The van der Waals surface area contributed by atoms with Gasteiger partial charge in [0.25, 0.3) is 5.91 Å². The zero-order chi connectivity index (χ0) is 17.6. The van der Waals surface area contributed by atoms with Crippen LogP contribution in [0.2, 0.25) is 0 Å². The average Bonchev–Trinajstić information content (AvgIpc) is 3.06. The van der Waals surface area contributed by atoms with Crippen molar-refractivity contribution >= 4 is 11.8 Å². The first-order valence-electron chi connectivity index (χ1n) is 9.21. The predicted molar refractivity (Wildman–Crippen MR) is 93.6 cm³/mol. The van der Waals surface area contributed by atoms with Crippen LogP contribution in [0.3, 0.4) is 0 Å². The molecule has 1 aromatic carbocycles. The van der Waals surface area contributed by atoms with Crippen LogP contribution in [0.5, 0.6) is 0 Å². The zero-order valence-corrected chi connectivity index (χ0v) is 14.4. The lowest BCUT2D eigenvalue weighted by Gasteiger charge is -2.24. The van der Waals surface area contributed by atoms with Crippen LogP contribution in [0.15, 0.2) is 24.3 Å². The number of benzene rings is 1. The quantitative estimate of drug-likeness (QED) is 0.689. The molecule has 2 fully saturated rings. The molecule has 1 aliphatic carbocycles. The van der Waals surface area contributed by atoms with Crippen LogP contribution in [-0.4, -0.2) is 37.0 Å². The van der Waals surface area contributed by atoms with Gasteiger partial charge < -0.3 is 16.0 Å². The Morgan fingerprint density at radius 1 is 1.08 bits per heavy atom. The van der Waals surface area contributed by atoms with E-state index in [4.69, 9.17) is 0 Å². The molecule has 5 nitrogen and oxygen atoms in total. The lowest BCUT2D eigenvalue weighted by Crippen LogP contribution is -2.43. The molecular formula is C19H26FN3O2. The normalized spacial score (nSPS) is 25.2. The van der Waals surface area contributed by atoms with Crippen molar-refractivity contribution in [3.05, 3.63) is 35.6 Å². The molecule has 2 amide bonds. The van der Waals surface area contributed by atoms with Crippen LogP contribution in [0.4, 0.5) is 4.39 Å². The Bertz CT molecular complexity index is 591. The van der Waals surface area contributed by atoms with Crippen LogP contribution in [-0.2, 0) is 4.79 Å². The summed E-state index contributed by atoms with van der Waals surface area (Å²) in [5.74, 6) is 0.131. The third kappa shape index (κ3) is 4.78. The maximum absolute atomic E-state index is 12.8. The largest absolute Gasteiger partial charge is 0.355 e. The minimum atomic E-state index is -0.361. The number of carbonyl (C=O) groups is 2. The van der Waals surface area contributed by atoms with Crippen molar-refractivity contribution in [1.29, 1.82) is 0 Å². The van der Waals surface area contributed by atoms with Gasteiger partial charge in [0.2, 0.25) is 5.91 Å². The van der Waals surface area contributed by atoms with E-state index >= 15 is 0 Å². The number of amides is 2. The summed E-state index contributed by atoms with van der Waals surface area (Å²) in [6, 6.07) is 5.89. The van der Waals surface area contributed by atoms with Gasteiger partial charge in [0.1, 0.15) is 5.82 Å². The molecule has 6 heteroatoms. The summed E-state index contributed by atoms with van der Waals surface area (Å²) in [7, 11) is 0. The van der Waals surface area contributed by atoms with Crippen molar-refractivity contribution in [3.8, 4) is 0 Å². The fourth-order valence-corrected chi connectivity index (χ4v) is 3.85. The van der Waals surface area contributed by atoms with Crippen LogP contribution in [0.1, 0.15) is 48.9 Å². The molecule has 1 aliphatic heterocycles. The smallest absolute Gasteiger partial charge is 0.251 e. The molecule has 3 rings (SSSR count).